The van der Waals surface area contributed by atoms with Crippen LogP contribution < -0.4 is 5.73 Å². The quantitative estimate of drug-likeness (QED) is 0.473. The molecule has 3 rings (SSSR count). The Kier molecular flexibility index (Phi) is 2.62. The lowest BCUT2D eigenvalue weighted by molar-refractivity contribution is -0.0432. The summed E-state index contributed by atoms with van der Waals surface area (Å²) < 4.78 is 7.22. The van der Waals surface area contributed by atoms with E-state index in [0.717, 1.165) is 0 Å². The molecule has 1 saturated heterocycles. The number of nitrogens with two attached hydrogens (primary N) is 1. The molecule has 3 heterocycles. The van der Waals surface area contributed by atoms with Crippen LogP contribution >= 0.6 is 0 Å². The minimum absolute atomic E-state index is 0.221. The summed E-state index contributed by atoms with van der Waals surface area (Å²) in [6.45, 7) is -0.221. The lowest BCUT2D eigenvalue weighted by Gasteiger charge is -2.13. The highest BCUT2D eigenvalue weighted by atomic mass is 16.8. The number of aromatic nitrogens is 4. The highest BCUT2D eigenvalue weighted by molar-refractivity contribution is 5.81. The Morgan fingerprint density at radius 2 is 2.28 bits per heavy atom. The summed E-state index contributed by atoms with van der Waals surface area (Å²) in [6, 6.07) is 0. The molecule has 1 fully saturated rings. The van der Waals surface area contributed by atoms with Crippen LogP contribution in [0.15, 0.2) is 12.7 Å². The van der Waals surface area contributed by atoms with Crippen LogP contribution in [0.25, 0.3) is 11.2 Å². The van der Waals surface area contributed by atoms with Crippen molar-refractivity contribution >= 4 is 17.0 Å². The first-order valence-corrected chi connectivity index (χ1v) is 5.58. The second-order valence-corrected chi connectivity index (χ2v) is 4.20. The number of ether oxygens (including phenoxy) is 1. The van der Waals surface area contributed by atoms with Crippen LogP contribution in [0.4, 0.5) is 5.82 Å². The summed E-state index contributed by atoms with van der Waals surface area (Å²) >= 11 is 0. The first-order chi connectivity index (χ1) is 8.70. The molecule has 2 aromatic heterocycles. The van der Waals surface area contributed by atoms with E-state index in [1.165, 1.54) is 6.33 Å². The predicted octanol–water partition coefficient (Wildman–Crippen LogP) is -0.951. The zero-order chi connectivity index (χ0) is 12.7. The summed E-state index contributed by atoms with van der Waals surface area (Å²) in [6.07, 6.45) is 1.60. The lowest BCUT2D eigenvalue weighted by Crippen LogP contribution is -2.24. The Labute approximate surface area is 102 Å². The Bertz CT molecular complexity index is 572. The summed E-state index contributed by atoms with van der Waals surface area (Å²) in [7, 11) is 0. The normalized spacial score (nSPS) is 28.0. The molecule has 0 bridgehead atoms. The van der Waals surface area contributed by atoms with Crippen molar-refractivity contribution in [2.75, 3.05) is 12.3 Å². The molecule has 0 aliphatic carbocycles. The van der Waals surface area contributed by atoms with E-state index in [1.807, 2.05) is 0 Å². The molecule has 0 unspecified atom stereocenters. The molecule has 18 heavy (non-hydrogen) atoms. The molecule has 0 amide bonds. The van der Waals surface area contributed by atoms with Gasteiger partial charge in [0.2, 0.25) is 0 Å². The predicted molar refractivity (Wildman–Crippen MR) is 61.4 cm³/mol. The second kappa shape index (κ2) is 4.16. The van der Waals surface area contributed by atoms with Crippen LogP contribution in [0.3, 0.4) is 0 Å². The van der Waals surface area contributed by atoms with Gasteiger partial charge in [-0.2, -0.15) is 0 Å². The molecule has 0 radical (unpaired) electrons. The monoisotopic (exact) mass is 266 g/mol. The van der Waals surface area contributed by atoms with Gasteiger partial charge in [-0.05, 0) is 0 Å². The van der Waals surface area contributed by atoms with E-state index >= 15 is 0 Å². The number of hydrogen-bond donors (Lipinski definition) is 3. The largest absolute Gasteiger partial charge is 0.394 e. The minimum Gasteiger partial charge on any atom is -0.394 e. The number of rotatable bonds is 2. The molecule has 0 spiro atoms. The lowest BCUT2D eigenvalue weighted by atomic mass is 11.1. The van der Waals surface area contributed by atoms with E-state index in [0.29, 0.717) is 23.4 Å². The van der Waals surface area contributed by atoms with E-state index in [2.05, 4.69) is 15.0 Å². The maximum Gasteiger partial charge on any atom is 0.167 e. The molecular formula is C10H13N5O3. The van der Waals surface area contributed by atoms with Crippen LogP contribution in [0.1, 0.15) is 12.6 Å². The van der Waals surface area contributed by atoms with Crippen molar-refractivity contribution in [1.82, 2.24) is 19.5 Å². The van der Waals surface area contributed by atoms with E-state index in [-0.39, 0.29) is 6.61 Å². The summed E-state index contributed by atoms with van der Waals surface area (Å²) in [5, 5.41) is 18.8. The Balaban J connectivity index is 1.99. The molecule has 0 aromatic carbocycles. The smallest absolute Gasteiger partial charge is 0.167 e. The van der Waals surface area contributed by atoms with Crippen LogP contribution in [0, 0.1) is 0 Å². The van der Waals surface area contributed by atoms with Gasteiger partial charge in [0.1, 0.15) is 24.2 Å². The van der Waals surface area contributed by atoms with Crippen molar-refractivity contribution in [3.63, 3.8) is 0 Å². The molecule has 1 aliphatic rings. The fourth-order valence-electron chi connectivity index (χ4n) is 2.13. The van der Waals surface area contributed by atoms with Crippen molar-refractivity contribution in [3.8, 4) is 0 Å². The van der Waals surface area contributed by atoms with E-state index < -0.39 is 18.4 Å². The molecule has 2 aromatic rings. The van der Waals surface area contributed by atoms with Gasteiger partial charge in [-0.25, -0.2) is 15.0 Å². The number of anilines is 1. The molecule has 1 aliphatic heterocycles. The third-order valence-electron chi connectivity index (χ3n) is 3.08. The maximum atomic E-state index is 9.71. The molecule has 96 valence electrons. The molecule has 3 atom stereocenters. The van der Waals surface area contributed by atoms with Gasteiger partial charge < -0.3 is 20.7 Å². The van der Waals surface area contributed by atoms with Crippen LogP contribution in [-0.4, -0.2) is 48.5 Å². The number of aliphatic hydroxyl groups excluding tert-OH is 2. The first-order valence-electron chi connectivity index (χ1n) is 5.58. The second-order valence-electron chi connectivity index (χ2n) is 4.20. The van der Waals surface area contributed by atoms with Crippen molar-refractivity contribution in [1.29, 1.82) is 0 Å². The molecular weight excluding hydrogens is 253 g/mol. The Hall–Kier alpha value is -1.77. The standard InChI is InChI=1S/C10H13N5O3/c11-9-8-10(13-3-12-9)15(4-14-8)7-1-5(17)6(2-16)18-7/h3-7,16-17H,1-2H2,(H2,11,12,13)/t5-,6-,7-/m1/s1/i1+1,2+1,3+1,4+1,5+1,6+1,7+1,8+1,9+1,10+1,11+1,12+1,13+1,14+1,15+1. The topological polar surface area (TPSA) is 119 Å². The maximum absolute atomic E-state index is 9.71. The number of nitrogen functional groups attached to an aromatic ring is 1. The van der Waals surface area contributed by atoms with E-state index in [1.54, 1.807) is 10.9 Å². The Morgan fingerprint density at radius 1 is 1.44 bits per heavy atom. The SMILES string of the molecule is [15NH2][13c]1[15n][13cH][15n][13c]2[13c]1[15n][13cH][15n]2[13C@H]1[13CH2][13C@@H](O)[13C@@H]([13CH2]O)O1. The van der Waals surface area contributed by atoms with Crippen LogP contribution in [-0.2, 0) is 4.74 Å². The zero-order valence-corrected chi connectivity index (χ0v) is 9.47. The highest BCUT2D eigenvalue weighted by Gasteiger charge is 2.35. The van der Waals surface area contributed by atoms with Gasteiger partial charge >= 0.3 is 0 Å². The fourth-order valence-corrected chi connectivity index (χ4v) is 2.13. The minimum atomic E-state index is -0.698. The number of aliphatic hydroxyl groups is 2. The first kappa shape index (κ1) is 11.3. The number of imidazole rings is 1. The fraction of sp³-hybridized carbons (Fsp3) is 0.500. The van der Waals surface area contributed by atoms with Crippen molar-refractivity contribution in [2.45, 2.75) is 24.9 Å². The summed E-state index contributed by atoms with van der Waals surface area (Å²) in [4.78, 5) is 12.1. The van der Waals surface area contributed by atoms with E-state index in [4.69, 9.17) is 15.6 Å². The Morgan fingerprint density at radius 3 is 3.00 bits per heavy atom. The van der Waals surface area contributed by atoms with Gasteiger partial charge in [0, 0.05) is 6.42 Å². The van der Waals surface area contributed by atoms with Gasteiger partial charge in [0.15, 0.2) is 11.5 Å². The summed E-state index contributed by atoms with van der Waals surface area (Å²) in [5.74, 6) is 0.302. The van der Waals surface area contributed by atoms with Crippen molar-refractivity contribution < 1.29 is 14.9 Å². The third kappa shape index (κ3) is 1.62. The number of fused-ring (bicyclic) bond motifs is 1. The number of hydrogen-bond acceptors (Lipinski definition) is 7. The summed E-state index contributed by atoms with van der Waals surface area (Å²) in [5.41, 5.74) is 6.75. The van der Waals surface area contributed by atoms with Gasteiger partial charge in [-0.3, -0.25) is 4.57 Å². The highest BCUT2D eigenvalue weighted by Crippen LogP contribution is 2.30. The zero-order valence-electron chi connectivity index (χ0n) is 9.47. The van der Waals surface area contributed by atoms with Crippen molar-refractivity contribution in [3.05, 3.63) is 12.7 Å². The molecule has 4 N–H and O–H groups in total. The number of nitrogens with zero attached hydrogens (tertiary/aromatic N) is 4. The van der Waals surface area contributed by atoms with Crippen LogP contribution in [0.2, 0.25) is 0 Å². The van der Waals surface area contributed by atoms with Crippen molar-refractivity contribution in [2.24, 2.45) is 0 Å². The van der Waals surface area contributed by atoms with Gasteiger partial charge in [0.05, 0.1) is 19.0 Å². The van der Waals surface area contributed by atoms with Crippen LogP contribution in [0.5, 0.6) is 0 Å². The molecule has 0 saturated carbocycles. The van der Waals surface area contributed by atoms with Gasteiger partial charge in [-0.1, -0.05) is 0 Å². The molecule has 8 nitrogen and oxygen atoms in total. The average Bonchev–Trinajstić information content (AvgIpc) is 2.93. The third-order valence-corrected chi connectivity index (χ3v) is 3.08. The van der Waals surface area contributed by atoms with Gasteiger partial charge in [-0.15, -0.1) is 0 Å². The average molecular weight is 266 g/mol. The van der Waals surface area contributed by atoms with E-state index in [9.17, 15) is 5.11 Å². The molecule has 8 heteroatoms. The van der Waals surface area contributed by atoms with Gasteiger partial charge in [0.25, 0.3) is 0 Å².